The lowest BCUT2D eigenvalue weighted by atomic mass is 10.0. The van der Waals surface area contributed by atoms with Crippen LogP contribution in [0.5, 0.6) is 11.5 Å². The lowest BCUT2D eigenvalue weighted by Gasteiger charge is -2.29. The van der Waals surface area contributed by atoms with Gasteiger partial charge in [-0.05, 0) is 61.1 Å². The van der Waals surface area contributed by atoms with Gasteiger partial charge >= 0.3 is 0 Å². The molecule has 0 radical (unpaired) electrons. The highest BCUT2D eigenvalue weighted by molar-refractivity contribution is 6.32. The fourth-order valence-corrected chi connectivity index (χ4v) is 5.24. The van der Waals surface area contributed by atoms with Crippen LogP contribution in [0, 0.1) is 0 Å². The number of rotatable bonds is 11. The van der Waals surface area contributed by atoms with Gasteiger partial charge in [0.1, 0.15) is 16.5 Å². The zero-order valence-corrected chi connectivity index (χ0v) is 23.5. The van der Waals surface area contributed by atoms with Crippen molar-refractivity contribution in [1.29, 1.82) is 0 Å². The third-order valence-electron chi connectivity index (χ3n) is 7.27. The first kappa shape index (κ1) is 28.2. The van der Waals surface area contributed by atoms with Crippen LogP contribution in [-0.4, -0.2) is 74.4 Å². The van der Waals surface area contributed by atoms with E-state index in [0.29, 0.717) is 35.1 Å². The highest BCUT2D eigenvalue weighted by atomic mass is 35.5. The fourth-order valence-electron chi connectivity index (χ4n) is 5.10. The molecule has 1 atom stereocenters. The number of halogens is 1. The quantitative estimate of drug-likeness (QED) is 0.200. The van der Waals surface area contributed by atoms with Gasteiger partial charge in [0, 0.05) is 37.4 Å². The molecule has 0 spiro atoms. The predicted octanol–water partition coefficient (Wildman–Crippen LogP) is 4.00. The van der Waals surface area contributed by atoms with Gasteiger partial charge in [0.05, 0.1) is 38.8 Å². The van der Waals surface area contributed by atoms with Crippen molar-refractivity contribution in [3.05, 3.63) is 58.7 Å². The third kappa shape index (κ3) is 7.25. The predicted molar refractivity (Wildman–Crippen MR) is 157 cm³/mol. The number of hydrogen-bond acceptors (Lipinski definition) is 10. The number of aliphatic hydroxyl groups excluding tert-OH is 1. The van der Waals surface area contributed by atoms with Crippen LogP contribution in [0.1, 0.15) is 24.0 Å². The molecule has 11 heteroatoms. The Kier molecular flexibility index (Phi) is 9.77. The molecule has 40 heavy (non-hydrogen) atoms. The number of aliphatic hydroxyl groups is 1. The molecule has 2 aliphatic rings. The first-order valence-electron chi connectivity index (χ1n) is 13.8. The second kappa shape index (κ2) is 13.8. The van der Waals surface area contributed by atoms with Crippen LogP contribution >= 0.6 is 11.6 Å². The second-order valence-corrected chi connectivity index (χ2v) is 10.3. The summed E-state index contributed by atoms with van der Waals surface area (Å²) >= 11 is 6.42. The number of methoxy groups -OCH3 is 1. The molecule has 0 amide bonds. The summed E-state index contributed by atoms with van der Waals surface area (Å²) in [6.45, 7) is 4.14. The molecule has 1 aromatic heterocycles. The number of morpholine rings is 1. The van der Waals surface area contributed by atoms with Gasteiger partial charge in [-0.2, -0.15) is 4.98 Å². The van der Waals surface area contributed by atoms with Crippen molar-refractivity contribution in [2.24, 2.45) is 0 Å². The SMILES string of the molecule is COc1cc(N2CCOCC2)ccc1Nc1nc(NCOc2ccc3c(c2)CCC(NCCO)CC3)ncc1Cl. The molecule has 10 nitrogen and oxygen atoms in total. The Labute approximate surface area is 240 Å². The van der Waals surface area contributed by atoms with Gasteiger partial charge in [0.2, 0.25) is 5.95 Å². The molecule has 214 valence electrons. The van der Waals surface area contributed by atoms with E-state index in [-0.39, 0.29) is 13.3 Å². The molecule has 1 unspecified atom stereocenters. The maximum atomic E-state index is 9.09. The Hall–Kier alpha value is -3.31. The Morgan fingerprint density at radius 2 is 1.93 bits per heavy atom. The monoisotopic (exact) mass is 568 g/mol. The van der Waals surface area contributed by atoms with Crippen molar-refractivity contribution in [2.75, 3.05) is 68.8 Å². The molecule has 1 aliphatic carbocycles. The number of nitrogens with zero attached hydrogens (tertiary/aromatic N) is 3. The smallest absolute Gasteiger partial charge is 0.227 e. The van der Waals surface area contributed by atoms with Gasteiger partial charge in [0.25, 0.3) is 0 Å². The van der Waals surface area contributed by atoms with Crippen LogP contribution in [-0.2, 0) is 17.6 Å². The van der Waals surface area contributed by atoms with Gasteiger partial charge < -0.3 is 40.2 Å². The van der Waals surface area contributed by atoms with Crippen molar-refractivity contribution < 1.29 is 19.3 Å². The maximum absolute atomic E-state index is 9.09. The van der Waals surface area contributed by atoms with E-state index in [1.807, 2.05) is 24.3 Å². The highest BCUT2D eigenvalue weighted by Crippen LogP contribution is 2.34. The summed E-state index contributed by atoms with van der Waals surface area (Å²) in [5.74, 6) is 2.34. The van der Waals surface area contributed by atoms with Gasteiger partial charge in [-0.15, -0.1) is 0 Å². The highest BCUT2D eigenvalue weighted by Gasteiger charge is 2.17. The molecule has 0 saturated carbocycles. The van der Waals surface area contributed by atoms with E-state index in [4.69, 9.17) is 30.9 Å². The molecule has 1 aliphatic heterocycles. The topological polar surface area (TPSA) is 113 Å². The molecule has 4 N–H and O–H groups in total. The summed E-state index contributed by atoms with van der Waals surface area (Å²) in [7, 11) is 1.64. The molecule has 0 bridgehead atoms. The van der Waals surface area contributed by atoms with Crippen molar-refractivity contribution in [3.63, 3.8) is 0 Å². The van der Waals surface area contributed by atoms with Gasteiger partial charge in [-0.25, -0.2) is 4.98 Å². The zero-order chi connectivity index (χ0) is 27.7. The summed E-state index contributed by atoms with van der Waals surface area (Å²) in [6.07, 6.45) is 5.67. The number of aromatic nitrogens is 2. The largest absolute Gasteiger partial charge is 0.494 e. The third-order valence-corrected chi connectivity index (χ3v) is 7.55. The fraction of sp³-hybridized carbons (Fsp3) is 0.448. The van der Waals surface area contributed by atoms with E-state index in [2.05, 4.69) is 43.0 Å². The molecule has 2 heterocycles. The van der Waals surface area contributed by atoms with E-state index in [1.165, 1.54) is 11.1 Å². The van der Waals surface area contributed by atoms with Crippen LogP contribution in [0.15, 0.2) is 42.6 Å². The Morgan fingerprint density at radius 3 is 2.73 bits per heavy atom. The Balaban J connectivity index is 1.18. The Bertz CT molecular complexity index is 1270. The summed E-state index contributed by atoms with van der Waals surface area (Å²) in [5, 5.41) is 19.3. The van der Waals surface area contributed by atoms with Crippen LogP contribution in [0.25, 0.3) is 0 Å². The minimum absolute atomic E-state index is 0.167. The first-order valence-corrected chi connectivity index (χ1v) is 14.1. The number of nitrogens with one attached hydrogen (secondary N) is 3. The van der Waals surface area contributed by atoms with Gasteiger partial charge in [-0.1, -0.05) is 17.7 Å². The number of ether oxygens (including phenoxy) is 3. The van der Waals surface area contributed by atoms with Gasteiger partial charge in [0.15, 0.2) is 12.5 Å². The molecular weight excluding hydrogens is 532 g/mol. The van der Waals surface area contributed by atoms with Crippen molar-refractivity contribution in [3.8, 4) is 11.5 Å². The molecular formula is C29H37ClN6O4. The van der Waals surface area contributed by atoms with E-state index >= 15 is 0 Å². The van der Waals surface area contributed by atoms with Crippen LogP contribution in [0.4, 0.5) is 23.1 Å². The molecule has 5 rings (SSSR count). The molecule has 3 aromatic rings. The van der Waals surface area contributed by atoms with Crippen molar-refractivity contribution in [2.45, 2.75) is 31.7 Å². The number of fused-ring (bicyclic) bond motifs is 1. The minimum atomic E-state index is 0.167. The van der Waals surface area contributed by atoms with E-state index in [0.717, 1.165) is 69.1 Å². The summed E-state index contributed by atoms with van der Waals surface area (Å²) in [5.41, 5.74) is 4.50. The normalized spacial score (nSPS) is 17.1. The van der Waals surface area contributed by atoms with E-state index in [9.17, 15) is 0 Å². The number of benzene rings is 2. The number of aryl methyl sites for hydroxylation is 2. The first-order chi connectivity index (χ1) is 19.6. The summed E-state index contributed by atoms with van der Waals surface area (Å²) < 4.78 is 17.1. The second-order valence-electron chi connectivity index (χ2n) is 9.85. The number of hydrogen-bond donors (Lipinski definition) is 4. The summed E-state index contributed by atoms with van der Waals surface area (Å²) in [4.78, 5) is 11.1. The van der Waals surface area contributed by atoms with Crippen LogP contribution < -0.4 is 30.3 Å². The average molecular weight is 569 g/mol. The van der Waals surface area contributed by atoms with Crippen LogP contribution in [0.3, 0.4) is 0 Å². The lowest BCUT2D eigenvalue weighted by molar-refractivity contribution is 0.122. The molecule has 1 fully saturated rings. The number of anilines is 4. The van der Waals surface area contributed by atoms with E-state index in [1.54, 1.807) is 13.3 Å². The zero-order valence-electron chi connectivity index (χ0n) is 22.8. The summed E-state index contributed by atoms with van der Waals surface area (Å²) in [6, 6.07) is 12.7. The van der Waals surface area contributed by atoms with Crippen LogP contribution in [0.2, 0.25) is 5.02 Å². The standard InChI is InChI=1S/C29H37ClN6O4/c1-38-27-17-23(36-11-14-39-15-12-36)7-9-26(27)34-28-25(30)18-32-29(35-28)33-19-40-24-8-4-20-2-5-22(31-10-13-37)6-3-21(20)16-24/h4,7-9,16-18,22,31,37H,2-3,5-6,10-15,19H2,1H3,(H2,32,33,34,35). The van der Waals surface area contributed by atoms with E-state index < -0.39 is 0 Å². The van der Waals surface area contributed by atoms with Gasteiger partial charge in [-0.3, -0.25) is 0 Å². The Morgan fingerprint density at radius 1 is 1.10 bits per heavy atom. The lowest BCUT2D eigenvalue weighted by Crippen LogP contribution is -2.36. The minimum Gasteiger partial charge on any atom is -0.494 e. The van der Waals surface area contributed by atoms with Crippen molar-refractivity contribution in [1.82, 2.24) is 15.3 Å². The average Bonchev–Trinajstić information content (AvgIpc) is 3.20. The molecule has 1 saturated heterocycles. The van der Waals surface area contributed by atoms with Crippen molar-refractivity contribution >= 4 is 34.7 Å². The molecule has 2 aromatic carbocycles. The maximum Gasteiger partial charge on any atom is 0.227 e.